The van der Waals surface area contributed by atoms with Gasteiger partial charge in [0.1, 0.15) is 5.60 Å². The quantitative estimate of drug-likeness (QED) is 0.577. The van der Waals surface area contributed by atoms with Crippen LogP contribution in [-0.2, 0) is 0 Å². The molecule has 0 radical (unpaired) electrons. The SMILES string of the molecule is C#CC1(O)CC(C)(C)N(O)C(C)(C)C1. The van der Waals surface area contributed by atoms with Crippen molar-refractivity contribution < 1.29 is 10.3 Å². The molecule has 1 saturated heterocycles. The highest BCUT2D eigenvalue weighted by Crippen LogP contribution is 2.41. The molecule has 0 aliphatic carbocycles. The van der Waals surface area contributed by atoms with Gasteiger partial charge in [-0.05, 0) is 27.7 Å². The van der Waals surface area contributed by atoms with E-state index in [0.717, 1.165) is 0 Å². The van der Waals surface area contributed by atoms with Crippen LogP contribution in [0.3, 0.4) is 0 Å². The van der Waals surface area contributed by atoms with Crippen molar-refractivity contribution in [3.05, 3.63) is 0 Å². The summed E-state index contributed by atoms with van der Waals surface area (Å²) in [6.07, 6.45) is 6.10. The lowest BCUT2D eigenvalue weighted by atomic mass is 9.73. The topological polar surface area (TPSA) is 43.7 Å². The zero-order chi connectivity index (χ0) is 11.2. The second kappa shape index (κ2) is 2.96. The van der Waals surface area contributed by atoms with Crippen LogP contribution in [0.4, 0.5) is 0 Å². The van der Waals surface area contributed by atoms with Gasteiger partial charge in [-0.3, -0.25) is 0 Å². The molecule has 0 bridgehead atoms. The first-order chi connectivity index (χ1) is 6.13. The van der Waals surface area contributed by atoms with E-state index in [2.05, 4.69) is 5.92 Å². The van der Waals surface area contributed by atoms with Crippen molar-refractivity contribution >= 4 is 0 Å². The Morgan fingerprint density at radius 1 is 1.14 bits per heavy atom. The number of aliphatic hydroxyl groups is 1. The Morgan fingerprint density at radius 3 is 1.79 bits per heavy atom. The number of terminal acetylenes is 1. The van der Waals surface area contributed by atoms with Crippen LogP contribution in [0.15, 0.2) is 0 Å². The Labute approximate surface area is 85.7 Å². The highest BCUT2D eigenvalue weighted by molar-refractivity contribution is 5.16. The summed E-state index contributed by atoms with van der Waals surface area (Å²) in [5, 5.41) is 21.3. The Bertz CT molecular complexity index is 258. The van der Waals surface area contributed by atoms with Crippen LogP contribution in [-0.4, -0.2) is 32.1 Å². The molecule has 0 atom stereocenters. The summed E-state index contributed by atoms with van der Waals surface area (Å²) in [7, 11) is 0. The van der Waals surface area contributed by atoms with Crippen molar-refractivity contribution in [3.8, 4) is 12.3 Å². The molecule has 1 aliphatic heterocycles. The van der Waals surface area contributed by atoms with Gasteiger partial charge in [0.2, 0.25) is 0 Å². The standard InChI is InChI=1S/C11H19NO2/c1-6-11(13)7-9(2,3)12(14)10(4,5)8-11/h1,13-14H,7-8H2,2-5H3. The number of rotatable bonds is 0. The minimum atomic E-state index is -1.10. The predicted octanol–water partition coefficient (Wildman–Crippen LogP) is 1.39. The van der Waals surface area contributed by atoms with E-state index in [1.165, 1.54) is 5.06 Å². The molecule has 80 valence electrons. The van der Waals surface area contributed by atoms with Crippen molar-refractivity contribution in [2.45, 2.75) is 57.2 Å². The van der Waals surface area contributed by atoms with Crippen molar-refractivity contribution in [2.24, 2.45) is 0 Å². The zero-order valence-corrected chi connectivity index (χ0v) is 9.33. The Balaban J connectivity index is 3.05. The predicted molar refractivity (Wildman–Crippen MR) is 54.8 cm³/mol. The van der Waals surface area contributed by atoms with E-state index in [1.807, 2.05) is 27.7 Å². The first-order valence-electron chi connectivity index (χ1n) is 4.82. The summed E-state index contributed by atoms with van der Waals surface area (Å²) in [4.78, 5) is 0. The number of nitrogens with zero attached hydrogens (tertiary/aromatic N) is 1. The van der Waals surface area contributed by atoms with E-state index in [-0.39, 0.29) is 0 Å². The molecule has 0 aromatic carbocycles. The van der Waals surface area contributed by atoms with Gasteiger partial charge in [-0.1, -0.05) is 5.92 Å². The van der Waals surface area contributed by atoms with Crippen LogP contribution >= 0.6 is 0 Å². The van der Waals surface area contributed by atoms with Gasteiger partial charge in [0.25, 0.3) is 0 Å². The largest absolute Gasteiger partial charge is 0.377 e. The van der Waals surface area contributed by atoms with Gasteiger partial charge in [0.15, 0.2) is 0 Å². The fraction of sp³-hybridized carbons (Fsp3) is 0.818. The maximum absolute atomic E-state index is 10.1. The van der Waals surface area contributed by atoms with E-state index in [9.17, 15) is 10.3 Å². The molecular formula is C11H19NO2. The van der Waals surface area contributed by atoms with Crippen molar-refractivity contribution in [1.82, 2.24) is 5.06 Å². The Hall–Kier alpha value is -0.560. The smallest absolute Gasteiger partial charge is 0.128 e. The fourth-order valence-corrected chi connectivity index (χ4v) is 2.57. The second-order valence-corrected chi connectivity index (χ2v) is 5.47. The van der Waals surface area contributed by atoms with Crippen LogP contribution in [0.1, 0.15) is 40.5 Å². The lowest BCUT2D eigenvalue weighted by Crippen LogP contribution is -2.63. The fourth-order valence-electron chi connectivity index (χ4n) is 2.57. The molecule has 0 amide bonds. The third-order valence-corrected chi connectivity index (χ3v) is 2.87. The first kappa shape index (κ1) is 11.5. The molecule has 0 unspecified atom stereocenters. The molecular weight excluding hydrogens is 178 g/mol. The molecule has 3 heteroatoms. The van der Waals surface area contributed by atoms with E-state index in [1.54, 1.807) is 0 Å². The average Bonchev–Trinajstić information content (AvgIpc) is 1.99. The monoisotopic (exact) mass is 197 g/mol. The molecule has 0 spiro atoms. The summed E-state index contributed by atoms with van der Waals surface area (Å²) in [5.74, 6) is 2.43. The maximum Gasteiger partial charge on any atom is 0.128 e. The average molecular weight is 197 g/mol. The summed E-state index contributed by atoms with van der Waals surface area (Å²) in [6.45, 7) is 7.48. The lowest BCUT2D eigenvalue weighted by Gasteiger charge is -2.53. The van der Waals surface area contributed by atoms with Crippen molar-refractivity contribution in [2.75, 3.05) is 0 Å². The number of hydrogen-bond acceptors (Lipinski definition) is 3. The van der Waals surface area contributed by atoms with E-state index >= 15 is 0 Å². The number of piperidine rings is 1. The highest BCUT2D eigenvalue weighted by atomic mass is 16.5. The summed E-state index contributed by atoms with van der Waals surface area (Å²) in [5.41, 5.74) is -2.10. The molecule has 0 aromatic rings. The highest BCUT2D eigenvalue weighted by Gasteiger charge is 2.50. The molecule has 1 heterocycles. The van der Waals surface area contributed by atoms with Crippen LogP contribution < -0.4 is 0 Å². The molecule has 1 fully saturated rings. The van der Waals surface area contributed by atoms with Gasteiger partial charge in [0, 0.05) is 23.9 Å². The molecule has 0 saturated carbocycles. The van der Waals surface area contributed by atoms with Gasteiger partial charge in [-0.25, -0.2) is 0 Å². The van der Waals surface area contributed by atoms with Crippen LogP contribution in [0.5, 0.6) is 0 Å². The summed E-state index contributed by atoms with van der Waals surface area (Å²) < 4.78 is 0. The normalized spacial score (nSPS) is 29.5. The Kier molecular flexibility index (Phi) is 2.44. The zero-order valence-electron chi connectivity index (χ0n) is 9.33. The van der Waals surface area contributed by atoms with Crippen LogP contribution in [0.25, 0.3) is 0 Å². The molecule has 1 aliphatic rings. The molecule has 2 N–H and O–H groups in total. The molecule has 14 heavy (non-hydrogen) atoms. The first-order valence-corrected chi connectivity index (χ1v) is 4.82. The summed E-state index contributed by atoms with van der Waals surface area (Å²) >= 11 is 0. The minimum Gasteiger partial charge on any atom is -0.377 e. The third-order valence-electron chi connectivity index (χ3n) is 2.87. The maximum atomic E-state index is 10.1. The van der Waals surface area contributed by atoms with Gasteiger partial charge >= 0.3 is 0 Å². The lowest BCUT2D eigenvalue weighted by molar-refractivity contribution is -0.266. The molecule has 0 aromatic heterocycles. The Morgan fingerprint density at radius 2 is 1.50 bits per heavy atom. The number of hydroxylamine groups is 2. The van der Waals surface area contributed by atoms with Crippen LogP contribution in [0, 0.1) is 12.3 Å². The van der Waals surface area contributed by atoms with Crippen molar-refractivity contribution in [1.29, 1.82) is 0 Å². The van der Waals surface area contributed by atoms with E-state index < -0.39 is 16.7 Å². The van der Waals surface area contributed by atoms with Gasteiger partial charge in [-0.15, -0.1) is 6.42 Å². The van der Waals surface area contributed by atoms with Crippen molar-refractivity contribution in [3.63, 3.8) is 0 Å². The summed E-state index contributed by atoms with van der Waals surface area (Å²) in [6, 6.07) is 0. The second-order valence-electron chi connectivity index (χ2n) is 5.47. The van der Waals surface area contributed by atoms with Crippen LogP contribution in [0.2, 0.25) is 0 Å². The van der Waals surface area contributed by atoms with E-state index in [4.69, 9.17) is 6.42 Å². The minimum absolute atomic E-state index is 0.385. The van der Waals surface area contributed by atoms with Gasteiger partial charge in [-0.2, -0.15) is 5.06 Å². The van der Waals surface area contributed by atoms with E-state index in [0.29, 0.717) is 12.8 Å². The molecule has 3 nitrogen and oxygen atoms in total. The van der Waals surface area contributed by atoms with Gasteiger partial charge in [0.05, 0.1) is 0 Å². The van der Waals surface area contributed by atoms with Gasteiger partial charge < -0.3 is 10.3 Å². The number of hydrogen-bond donors (Lipinski definition) is 2. The third kappa shape index (κ3) is 1.78. The molecule has 1 rings (SSSR count).